The van der Waals surface area contributed by atoms with Crippen molar-refractivity contribution in [1.82, 2.24) is 0 Å². The molecule has 0 aromatic heterocycles. The molecule has 2 nitrogen and oxygen atoms in total. The first-order valence-electron chi connectivity index (χ1n) is 4.48. The number of ketones is 1. The van der Waals surface area contributed by atoms with E-state index < -0.39 is 0 Å². The van der Waals surface area contributed by atoms with E-state index in [1.807, 2.05) is 6.07 Å². The average Bonchev–Trinajstić information content (AvgIpc) is 2.08. The lowest BCUT2D eigenvalue weighted by Gasteiger charge is -2.05. The molecule has 0 unspecified atom stereocenters. The molecule has 0 spiro atoms. The fourth-order valence-corrected chi connectivity index (χ4v) is 1.38. The van der Waals surface area contributed by atoms with E-state index in [0.29, 0.717) is 5.56 Å². The summed E-state index contributed by atoms with van der Waals surface area (Å²) in [6.07, 6.45) is 1.89. The molecule has 1 aromatic carbocycles. The molecule has 0 amide bonds. The van der Waals surface area contributed by atoms with Gasteiger partial charge in [0.1, 0.15) is 5.75 Å². The summed E-state index contributed by atoms with van der Waals surface area (Å²) in [5.74, 6) is 0.171. The largest absolute Gasteiger partial charge is 0.508 e. The van der Waals surface area contributed by atoms with Crippen LogP contribution in [-0.4, -0.2) is 10.9 Å². The van der Waals surface area contributed by atoms with Gasteiger partial charge in [0.15, 0.2) is 5.78 Å². The Morgan fingerprint density at radius 1 is 1.46 bits per heavy atom. The van der Waals surface area contributed by atoms with Gasteiger partial charge < -0.3 is 5.11 Å². The maximum absolute atomic E-state index is 11.2. The first kappa shape index (κ1) is 9.78. The van der Waals surface area contributed by atoms with E-state index in [1.54, 1.807) is 6.07 Å². The molecule has 1 rings (SSSR count). The highest BCUT2D eigenvalue weighted by Crippen LogP contribution is 2.18. The van der Waals surface area contributed by atoms with Gasteiger partial charge in [-0.2, -0.15) is 0 Å². The Labute approximate surface area is 78.2 Å². The van der Waals surface area contributed by atoms with Crippen molar-refractivity contribution in [2.45, 2.75) is 26.7 Å². The van der Waals surface area contributed by atoms with Crippen LogP contribution in [0.4, 0.5) is 0 Å². The van der Waals surface area contributed by atoms with Gasteiger partial charge in [-0.25, -0.2) is 0 Å². The molecule has 0 aliphatic rings. The Hall–Kier alpha value is -1.31. The predicted molar refractivity (Wildman–Crippen MR) is 52.1 cm³/mol. The van der Waals surface area contributed by atoms with E-state index in [-0.39, 0.29) is 11.5 Å². The minimum Gasteiger partial charge on any atom is -0.508 e. The van der Waals surface area contributed by atoms with Gasteiger partial charge in [-0.3, -0.25) is 4.79 Å². The zero-order valence-corrected chi connectivity index (χ0v) is 8.00. The van der Waals surface area contributed by atoms with Crippen LogP contribution in [0.15, 0.2) is 18.2 Å². The van der Waals surface area contributed by atoms with Crippen LogP contribution < -0.4 is 0 Å². The van der Waals surface area contributed by atoms with Gasteiger partial charge in [0, 0.05) is 5.56 Å². The third kappa shape index (κ3) is 2.31. The molecule has 1 aromatic rings. The fourth-order valence-electron chi connectivity index (χ4n) is 1.38. The summed E-state index contributed by atoms with van der Waals surface area (Å²) < 4.78 is 0. The van der Waals surface area contributed by atoms with Gasteiger partial charge in [0.05, 0.1) is 0 Å². The van der Waals surface area contributed by atoms with E-state index in [2.05, 4.69) is 6.92 Å². The van der Waals surface area contributed by atoms with Crippen molar-refractivity contribution >= 4 is 5.78 Å². The van der Waals surface area contributed by atoms with Gasteiger partial charge >= 0.3 is 0 Å². The van der Waals surface area contributed by atoms with Gasteiger partial charge in [-0.15, -0.1) is 0 Å². The molecule has 13 heavy (non-hydrogen) atoms. The van der Waals surface area contributed by atoms with Gasteiger partial charge in [0.25, 0.3) is 0 Å². The third-order valence-corrected chi connectivity index (χ3v) is 1.99. The number of carbonyl (C=O) groups is 1. The molecule has 0 aliphatic heterocycles. The van der Waals surface area contributed by atoms with Crippen molar-refractivity contribution in [3.8, 4) is 5.75 Å². The Balaban J connectivity index is 3.10. The summed E-state index contributed by atoms with van der Waals surface area (Å²) in [6.45, 7) is 3.59. The van der Waals surface area contributed by atoms with E-state index in [9.17, 15) is 9.90 Å². The third-order valence-electron chi connectivity index (χ3n) is 1.99. The molecule has 0 radical (unpaired) electrons. The first-order valence-corrected chi connectivity index (χ1v) is 4.48. The summed E-state index contributed by atoms with van der Waals surface area (Å²) in [5.41, 5.74) is 1.66. The van der Waals surface area contributed by atoms with Crippen molar-refractivity contribution in [3.63, 3.8) is 0 Å². The highest BCUT2D eigenvalue weighted by Gasteiger charge is 2.06. The molecule has 70 valence electrons. The summed E-state index contributed by atoms with van der Waals surface area (Å²) in [7, 11) is 0. The van der Waals surface area contributed by atoms with Crippen LogP contribution in [0.2, 0.25) is 0 Å². The standard InChI is InChI=1S/C11H14O2/c1-3-4-9-5-6-10(13)7-11(9)8(2)12/h5-7,13H,3-4H2,1-2H3. The number of hydrogen-bond donors (Lipinski definition) is 1. The molecule has 2 heteroatoms. The lowest BCUT2D eigenvalue weighted by Crippen LogP contribution is -1.98. The maximum atomic E-state index is 11.2. The minimum atomic E-state index is 0.0133. The summed E-state index contributed by atoms with van der Waals surface area (Å²) >= 11 is 0. The lowest BCUT2D eigenvalue weighted by atomic mass is 10.0. The number of Topliss-reactive ketones (excluding diaryl/α,β-unsaturated/α-hetero) is 1. The molecular formula is C11H14O2. The Morgan fingerprint density at radius 3 is 2.69 bits per heavy atom. The molecule has 0 saturated carbocycles. The Kier molecular flexibility index (Phi) is 3.07. The number of aromatic hydroxyl groups is 1. The number of benzene rings is 1. The number of phenolic OH excluding ortho intramolecular Hbond substituents is 1. The van der Waals surface area contributed by atoms with Gasteiger partial charge in [0.2, 0.25) is 0 Å². The molecule has 0 atom stereocenters. The Bertz CT molecular complexity index is 316. The molecule has 0 fully saturated rings. The molecule has 0 saturated heterocycles. The average molecular weight is 178 g/mol. The van der Waals surface area contributed by atoms with Crippen LogP contribution in [0.3, 0.4) is 0 Å². The number of phenols is 1. The number of rotatable bonds is 3. The Morgan fingerprint density at radius 2 is 2.15 bits per heavy atom. The van der Waals surface area contributed by atoms with Crippen molar-refractivity contribution in [3.05, 3.63) is 29.3 Å². The second kappa shape index (κ2) is 4.08. The van der Waals surface area contributed by atoms with Crippen LogP contribution in [0, 0.1) is 0 Å². The van der Waals surface area contributed by atoms with Crippen molar-refractivity contribution in [1.29, 1.82) is 0 Å². The van der Waals surface area contributed by atoms with Crippen LogP contribution >= 0.6 is 0 Å². The summed E-state index contributed by atoms with van der Waals surface area (Å²) in [4.78, 5) is 11.2. The van der Waals surface area contributed by atoms with Crippen molar-refractivity contribution < 1.29 is 9.90 Å². The molecular weight excluding hydrogens is 164 g/mol. The maximum Gasteiger partial charge on any atom is 0.160 e. The zero-order valence-electron chi connectivity index (χ0n) is 8.00. The van der Waals surface area contributed by atoms with E-state index in [1.165, 1.54) is 13.0 Å². The fraction of sp³-hybridized carbons (Fsp3) is 0.364. The van der Waals surface area contributed by atoms with E-state index in [4.69, 9.17) is 0 Å². The SMILES string of the molecule is CCCc1ccc(O)cc1C(C)=O. The van der Waals surface area contributed by atoms with E-state index >= 15 is 0 Å². The second-order valence-corrected chi connectivity index (χ2v) is 3.15. The number of carbonyl (C=O) groups excluding carboxylic acids is 1. The minimum absolute atomic E-state index is 0.0133. The van der Waals surface area contributed by atoms with Crippen LogP contribution in [0.25, 0.3) is 0 Å². The topological polar surface area (TPSA) is 37.3 Å². The molecule has 0 aliphatic carbocycles. The monoisotopic (exact) mass is 178 g/mol. The van der Waals surface area contributed by atoms with Gasteiger partial charge in [-0.05, 0) is 31.0 Å². The summed E-state index contributed by atoms with van der Waals surface area (Å²) in [6, 6.07) is 4.97. The normalized spacial score (nSPS) is 10.0. The van der Waals surface area contributed by atoms with Crippen LogP contribution in [0.5, 0.6) is 5.75 Å². The highest BCUT2D eigenvalue weighted by atomic mass is 16.3. The quantitative estimate of drug-likeness (QED) is 0.722. The van der Waals surface area contributed by atoms with E-state index in [0.717, 1.165) is 18.4 Å². The predicted octanol–water partition coefficient (Wildman–Crippen LogP) is 2.55. The number of hydrogen-bond acceptors (Lipinski definition) is 2. The zero-order chi connectivity index (χ0) is 9.84. The molecule has 0 bridgehead atoms. The molecule has 1 N–H and O–H groups in total. The van der Waals surface area contributed by atoms with Crippen LogP contribution in [0.1, 0.15) is 36.2 Å². The van der Waals surface area contributed by atoms with Crippen molar-refractivity contribution in [2.75, 3.05) is 0 Å². The lowest BCUT2D eigenvalue weighted by molar-refractivity contribution is 0.101. The first-order chi connectivity index (χ1) is 6.15. The summed E-state index contributed by atoms with van der Waals surface area (Å²) in [5, 5.41) is 9.20. The smallest absolute Gasteiger partial charge is 0.160 e. The molecule has 0 heterocycles. The number of aryl methyl sites for hydroxylation is 1. The van der Waals surface area contributed by atoms with Gasteiger partial charge in [-0.1, -0.05) is 19.4 Å². The van der Waals surface area contributed by atoms with Crippen LogP contribution in [-0.2, 0) is 6.42 Å². The second-order valence-electron chi connectivity index (χ2n) is 3.15. The van der Waals surface area contributed by atoms with Crippen molar-refractivity contribution in [2.24, 2.45) is 0 Å². The highest BCUT2D eigenvalue weighted by molar-refractivity contribution is 5.95.